The van der Waals surface area contributed by atoms with Crippen molar-refractivity contribution in [2.24, 2.45) is 5.92 Å². The van der Waals surface area contributed by atoms with E-state index in [2.05, 4.69) is 19.9 Å². The summed E-state index contributed by atoms with van der Waals surface area (Å²) in [7, 11) is 0. The minimum Gasteiger partial charge on any atom is -0.361 e. The first-order valence-corrected chi connectivity index (χ1v) is 10.8. The van der Waals surface area contributed by atoms with Crippen LogP contribution in [-0.4, -0.2) is 71.1 Å². The van der Waals surface area contributed by atoms with E-state index in [0.717, 1.165) is 63.7 Å². The van der Waals surface area contributed by atoms with Crippen molar-refractivity contribution in [3.8, 4) is 0 Å². The Hall–Kier alpha value is -1.40. The number of likely N-dealkylation sites (tertiary alicyclic amines) is 3. The van der Waals surface area contributed by atoms with Crippen molar-refractivity contribution in [3.05, 3.63) is 17.0 Å². The SMILES string of the molecule is Cc1noc(C)c1CN1CCC(N2CCC[C@@H](C(=O)N3CCCC3)C2)CC1. The molecule has 3 fully saturated rings. The Morgan fingerprint density at radius 3 is 2.44 bits per heavy atom. The summed E-state index contributed by atoms with van der Waals surface area (Å²) in [6.45, 7) is 11.3. The molecule has 0 unspecified atom stereocenters. The van der Waals surface area contributed by atoms with E-state index in [1.165, 1.54) is 37.7 Å². The van der Waals surface area contributed by atoms with Crippen molar-refractivity contribution in [2.45, 2.75) is 65.0 Å². The molecule has 0 saturated carbocycles. The maximum atomic E-state index is 12.8. The second-order valence-electron chi connectivity index (χ2n) is 8.68. The highest BCUT2D eigenvalue weighted by atomic mass is 16.5. The van der Waals surface area contributed by atoms with Gasteiger partial charge in [0.05, 0.1) is 11.6 Å². The van der Waals surface area contributed by atoms with Gasteiger partial charge in [0, 0.05) is 37.8 Å². The molecule has 1 atom stereocenters. The van der Waals surface area contributed by atoms with Gasteiger partial charge in [-0.3, -0.25) is 14.6 Å². The van der Waals surface area contributed by atoms with Gasteiger partial charge in [-0.1, -0.05) is 5.16 Å². The monoisotopic (exact) mass is 374 g/mol. The summed E-state index contributed by atoms with van der Waals surface area (Å²) in [5, 5.41) is 4.08. The maximum Gasteiger partial charge on any atom is 0.226 e. The van der Waals surface area contributed by atoms with Gasteiger partial charge in [-0.25, -0.2) is 0 Å². The third-order valence-electron chi connectivity index (χ3n) is 6.86. The van der Waals surface area contributed by atoms with Gasteiger partial charge in [0.1, 0.15) is 5.76 Å². The number of piperidine rings is 2. The Labute approximate surface area is 162 Å². The molecular weight excluding hydrogens is 340 g/mol. The molecule has 4 heterocycles. The third kappa shape index (κ3) is 4.21. The van der Waals surface area contributed by atoms with Crippen LogP contribution in [0.5, 0.6) is 0 Å². The normalized spacial score (nSPS) is 26.0. The van der Waals surface area contributed by atoms with Gasteiger partial charge >= 0.3 is 0 Å². The lowest BCUT2D eigenvalue weighted by Gasteiger charge is -2.42. The van der Waals surface area contributed by atoms with Gasteiger partial charge in [0.15, 0.2) is 0 Å². The molecule has 0 aliphatic carbocycles. The van der Waals surface area contributed by atoms with Crippen molar-refractivity contribution < 1.29 is 9.32 Å². The van der Waals surface area contributed by atoms with Crippen molar-refractivity contribution in [1.29, 1.82) is 0 Å². The molecule has 3 aliphatic rings. The lowest BCUT2D eigenvalue weighted by atomic mass is 9.92. The predicted octanol–water partition coefficient (Wildman–Crippen LogP) is 2.59. The fourth-order valence-electron chi connectivity index (χ4n) is 5.13. The molecule has 0 aromatic carbocycles. The van der Waals surface area contributed by atoms with E-state index in [-0.39, 0.29) is 5.92 Å². The van der Waals surface area contributed by atoms with Crippen LogP contribution in [-0.2, 0) is 11.3 Å². The molecule has 3 aliphatic heterocycles. The number of carbonyl (C=O) groups excluding carboxylic acids is 1. The summed E-state index contributed by atoms with van der Waals surface area (Å²) >= 11 is 0. The number of aromatic nitrogens is 1. The van der Waals surface area contributed by atoms with Crippen LogP contribution in [0.3, 0.4) is 0 Å². The maximum absolute atomic E-state index is 12.8. The molecule has 6 nitrogen and oxygen atoms in total. The molecule has 4 rings (SSSR count). The number of amides is 1. The summed E-state index contributed by atoms with van der Waals surface area (Å²) in [6.07, 6.45) is 7.03. The lowest BCUT2D eigenvalue weighted by molar-refractivity contribution is -0.136. The summed E-state index contributed by atoms with van der Waals surface area (Å²) in [5.74, 6) is 1.61. The van der Waals surface area contributed by atoms with Gasteiger partial charge in [-0.05, 0) is 72.0 Å². The van der Waals surface area contributed by atoms with E-state index in [9.17, 15) is 4.79 Å². The molecule has 1 aromatic heterocycles. The van der Waals surface area contributed by atoms with Crippen LogP contribution >= 0.6 is 0 Å². The molecule has 3 saturated heterocycles. The Bertz CT molecular complexity index is 625. The van der Waals surface area contributed by atoms with Crippen LogP contribution in [0, 0.1) is 19.8 Å². The van der Waals surface area contributed by atoms with Crippen LogP contribution in [0.4, 0.5) is 0 Å². The molecule has 1 amide bonds. The van der Waals surface area contributed by atoms with Crippen LogP contribution < -0.4 is 0 Å². The standard InChI is InChI=1S/C21H34N4O2/c1-16-20(17(2)27-22-16)15-23-12-7-19(8-13-23)25-11-5-6-18(14-25)21(26)24-9-3-4-10-24/h18-19H,3-15H2,1-2H3/t18-/m1/s1. The van der Waals surface area contributed by atoms with Gasteiger partial charge in [0.25, 0.3) is 0 Å². The predicted molar refractivity (Wildman–Crippen MR) is 104 cm³/mol. The largest absolute Gasteiger partial charge is 0.361 e. The lowest BCUT2D eigenvalue weighted by Crippen LogP contribution is -2.51. The average molecular weight is 375 g/mol. The van der Waals surface area contributed by atoms with Crippen LogP contribution in [0.1, 0.15) is 55.5 Å². The van der Waals surface area contributed by atoms with E-state index in [4.69, 9.17) is 4.52 Å². The molecule has 1 aromatic rings. The van der Waals surface area contributed by atoms with Crippen LogP contribution in [0.15, 0.2) is 4.52 Å². The Morgan fingerprint density at radius 1 is 1.04 bits per heavy atom. The Balaban J connectivity index is 1.28. The zero-order valence-corrected chi connectivity index (χ0v) is 17.0. The topological polar surface area (TPSA) is 52.8 Å². The zero-order chi connectivity index (χ0) is 18.8. The Kier molecular flexibility index (Phi) is 5.83. The van der Waals surface area contributed by atoms with Crippen LogP contribution in [0.2, 0.25) is 0 Å². The average Bonchev–Trinajstić information content (AvgIpc) is 3.34. The quantitative estimate of drug-likeness (QED) is 0.811. The van der Waals surface area contributed by atoms with Gasteiger partial charge < -0.3 is 9.42 Å². The Morgan fingerprint density at radius 2 is 1.78 bits per heavy atom. The number of aryl methyl sites for hydroxylation is 2. The number of carbonyl (C=O) groups is 1. The van der Waals surface area contributed by atoms with E-state index >= 15 is 0 Å². The molecule has 150 valence electrons. The second-order valence-corrected chi connectivity index (χ2v) is 8.68. The summed E-state index contributed by atoms with van der Waals surface area (Å²) in [6, 6.07) is 0.639. The van der Waals surface area contributed by atoms with E-state index < -0.39 is 0 Å². The van der Waals surface area contributed by atoms with Gasteiger partial charge in [0.2, 0.25) is 5.91 Å². The van der Waals surface area contributed by atoms with E-state index in [1.807, 2.05) is 13.8 Å². The zero-order valence-electron chi connectivity index (χ0n) is 17.0. The fraction of sp³-hybridized carbons (Fsp3) is 0.810. The highest BCUT2D eigenvalue weighted by Gasteiger charge is 2.34. The second kappa shape index (κ2) is 8.31. The van der Waals surface area contributed by atoms with Gasteiger partial charge in [-0.15, -0.1) is 0 Å². The van der Waals surface area contributed by atoms with Crippen LogP contribution in [0.25, 0.3) is 0 Å². The van der Waals surface area contributed by atoms with Crippen molar-refractivity contribution in [2.75, 3.05) is 39.3 Å². The summed E-state index contributed by atoms with van der Waals surface area (Å²) in [5.41, 5.74) is 2.27. The molecule has 6 heteroatoms. The molecule has 27 heavy (non-hydrogen) atoms. The highest BCUT2D eigenvalue weighted by Crippen LogP contribution is 2.27. The van der Waals surface area contributed by atoms with Crippen molar-refractivity contribution >= 4 is 5.91 Å². The van der Waals surface area contributed by atoms with E-state index in [1.54, 1.807) is 0 Å². The minimum absolute atomic E-state index is 0.234. The first kappa shape index (κ1) is 18.9. The summed E-state index contributed by atoms with van der Waals surface area (Å²) in [4.78, 5) is 20.1. The molecule has 0 bridgehead atoms. The number of hydrogen-bond acceptors (Lipinski definition) is 5. The first-order chi connectivity index (χ1) is 13.1. The van der Waals surface area contributed by atoms with E-state index in [0.29, 0.717) is 11.9 Å². The summed E-state index contributed by atoms with van der Waals surface area (Å²) < 4.78 is 5.31. The highest BCUT2D eigenvalue weighted by molar-refractivity contribution is 5.79. The van der Waals surface area contributed by atoms with Gasteiger partial charge in [-0.2, -0.15) is 0 Å². The number of nitrogens with zero attached hydrogens (tertiary/aromatic N) is 4. The van der Waals surface area contributed by atoms with Crippen molar-refractivity contribution in [3.63, 3.8) is 0 Å². The van der Waals surface area contributed by atoms with Crippen molar-refractivity contribution in [1.82, 2.24) is 19.9 Å². The smallest absolute Gasteiger partial charge is 0.226 e. The first-order valence-electron chi connectivity index (χ1n) is 10.8. The molecule has 0 N–H and O–H groups in total. The molecule has 0 radical (unpaired) electrons. The third-order valence-corrected chi connectivity index (χ3v) is 6.86. The molecular formula is C21H34N4O2. The minimum atomic E-state index is 0.234. The number of rotatable bonds is 4. The fourth-order valence-corrected chi connectivity index (χ4v) is 5.13. The number of hydrogen-bond donors (Lipinski definition) is 0. The molecule has 0 spiro atoms.